The molecule has 0 spiro atoms. The van der Waals surface area contributed by atoms with E-state index in [0.717, 1.165) is 13.1 Å². The van der Waals surface area contributed by atoms with Crippen LogP contribution in [-0.4, -0.2) is 48.4 Å². The molecule has 2 atom stereocenters. The molecule has 6 nitrogen and oxygen atoms in total. The minimum absolute atomic E-state index is 0.0353. The van der Waals surface area contributed by atoms with Gasteiger partial charge >= 0.3 is 0 Å². The average Bonchev–Trinajstić information content (AvgIpc) is 2.39. The van der Waals surface area contributed by atoms with E-state index < -0.39 is 0 Å². The lowest BCUT2D eigenvalue weighted by molar-refractivity contribution is -0.0109. The van der Waals surface area contributed by atoms with Crippen molar-refractivity contribution in [3.63, 3.8) is 0 Å². The molecule has 2 heterocycles. The summed E-state index contributed by atoms with van der Waals surface area (Å²) in [4.78, 5) is 10.8. The Labute approximate surface area is 107 Å². The largest absolute Gasteiger partial charge is 0.478 e. The van der Waals surface area contributed by atoms with Crippen molar-refractivity contribution in [2.24, 2.45) is 5.73 Å². The molecule has 1 saturated heterocycles. The molecule has 1 aromatic heterocycles. The molecule has 2 unspecified atom stereocenters. The van der Waals surface area contributed by atoms with E-state index in [2.05, 4.69) is 14.9 Å². The SMILES string of the molecule is CCOc1ccnc(N2CC(C)OC(CN)C2)n1. The first-order chi connectivity index (χ1) is 8.72. The fourth-order valence-electron chi connectivity index (χ4n) is 2.05. The molecule has 18 heavy (non-hydrogen) atoms. The van der Waals surface area contributed by atoms with Gasteiger partial charge in [0.2, 0.25) is 11.8 Å². The zero-order valence-electron chi connectivity index (χ0n) is 10.9. The maximum Gasteiger partial charge on any atom is 0.228 e. The summed E-state index contributed by atoms with van der Waals surface area (Å²) in [6.45, 7) is 6.56. The van der Waals surface area contributed by atoms with Gasteiger partial charge in [-0.05, 0) is 13.8 Å². The quantitative estimate of drug-likeness (QED) is 0.837. The minimum atomic E-state index is 0.0353. The van der Waals surface area contributed by atoms with Crippen LogP contribution < -0.4 is 15.4 Å². The van der Waals surface area contributed by atoms with Crippen LogP contribution in [0.15, 0.2) is 12.3 Å². The van der Waals surface area contributed by atoms with Crippen molar-refractivity contribution < 1.29 is 9.47 Å². The van der Waals surface area contributed by atoms with Gasteiger partial charge in [0.25, 0.3) is 0 Å². The van der Waals surface area contributed by atoms with Crippen LogP contribution in [-0.2, 0) is 4.74 Å². The molecular weight excluding hydrogens is 232 g/mol. The van der Waals surface area contributed by atoms with E-state index in [0.29, 0.717) is 25.0 Å². The van der Waals surface area contributed by atoms with Gasteiger partial charge in [-0.1, -0.05) is 0 Å². The molecule has 2 rings (SSSR count). The summed E-state index contributed by atoms with van der Waals surface area (Å²) in [6, 6.07) is 1.76. The predicted molar refractivity (Wildman–Crippen MR) is 68.8 cm³/mol. The highest BCUT2D eigenvalue weighted by molar-refractivity contribution is 5.33. The number of ether oxygens (including phenoxy) is 2. The molecule has 100 valence electrons. The van der Waals surface area contributed by atoms with Gasteiger partial charge in [0.1, 0.15) is 0 Å². The average molecular weight is 252 g/mol. The van der Waals surface area contributed by atoms with Crippen LogP contribution >= 0.6 is 0 Å². The zero-order valence-corrected chi connectivity index (χ0v) is 10.9. The van der Waals surface area contributed by atoms with Crippen LogP contribution in [0.4, 0.5) is 5.95 Å². The smallest absolute Gasteiger partial charge is 0.228 e. The van der Waals surface area contributed by atoms with Crippen LogP contribution in [0.1, 0.15) is 13.8 Å². The van der Waals surface area contributed by atoms with Gasteiger partial charge in [0.15, 0.2) is 0 Å². The molecule has 0 bridgehead atoms. The number of hydrogen-bond donors (Lipinski definition) is 1. The van der Waals surface area contributed by atoms with Crippen molar-refractivity contribution in [3.8, 4) is 5.88 Å². The highest BCUT2D eigenvalue weighted by atomic mass is 16.5. The number of aromatic nitrogens is 2. The van der Waals surface area contributed by atoms with Gasteiger partial charge in [-0.2, -0.15) is 4.98 Å². The van der Waals surface area contributed by atoms with E-state index in [1.54, 1.807) is 12.3 Å². The lowest BCUT2D eigenvalue weighted by Crippen LogP contribution is -2.49. The first-order valence-electron chi connectivity index (χ1n) is 6.29. The highest BCUT2D eigenvalue weighted by Gasteiger charge is 2.26. The summed E-state index contributed by atoms with van der Waals surface area (Å²) in [5.41, 5.74) is 5.67. The van der Waals surface area contributed by atoms with Crippen LogP contribution in [0.3, 0.4) is 0 Å². The Morgan fingerprint density at radius 2 is 2.39 bits per heavy atom. The highest BCUT2D eigenvalue weighted by Crippen LogP contribution is 2.18. The number of rotatable bonds is 4. The zero-order chi connectivity index (χ0) is 13.0. The molecular formula is C12H20N4O2. The van der Waals surface area contributed by atoms with Crippen molar-refractivity contribution in [2.75, 3.05) is 31.1 Å². The lowest BCUT2D eigenvalue weighted by atomic mass is 10.2. The molecule has 0 aliphatic carbocycles. The number of nitrogens with two attached hydrogens (primary N) is 1. The molecule has 1 aliphatic heterocycles. The van der Waals surface area contributed by atoms with Crippen LogP contribution in [0.5, 0.6) is 5.88 Å². The second kappa shape index (κ2) is 5.97. The third kappa shape index (κ3) is 3.08. The molecule has 6 heteroatoms. The molecule has 0 amide bonds. The fourth-order valence-corrected chi connectivity index (χ4v) is 2.05. The second-order valence-corrected chi connectivity index (χ2v) is 4.34. The standard InChI is InChI=1S/C12H20N4O2/c1-3-17-11-4-5-14-12(15-11)16-7-9(2)18-10(6-13)8-16/h4-5,9-10H,3,6-8,13H2,1-2H3. The first kappa shape index (κ1) is 13.0. The molecule has 0 saturated carbocycles. The number of hydrogen-bond acceptors (Lipinski definition) is 6. The Bertz CT molecular complexity index is 388. The summed E-state index contributed by atoms with van der Waals surface area (Å²) in [5, 5.41) is 0. The number of anilines is 1. The summed E-state index contributed by atoms with van der Waals surface area (Å²) in [7, 11) is 0. The van der Waals surface area contributed by atoms with Crippen molar-refractivity contribution in [1.82, 2.24) is 9.97 Å². The van der Waals surface area contributed by atoms with Crippen molar-refractivity contribution >= 4 is 5.95 Å². The molecule has 1 aliphatic rings. The van der Waals surface area contributed by atoms with E-state index in [4.69, 9.17) is 15.2 Å². The van der Waals surface area contributed by atoms with Crippen LogP contribution in [0.25, 0.3) is 0 Å². The Kier molecular flexibility index (Phi) is 4.33. The van der Waals surface area contributed by atoms with E-state index in [1.165, 1.54) is 0 Å². The van der Waals surface area contributed by atoms with Crippen LogP contribution in [0, 0.1) is 0 Å². The van der Waals surface area contributed by atoms with Crippen molar-refractivity contribution in [3.05, 3.63) is 12.3 Å². The monoisotopic (exact) mass is 252 g/mol. The fraction of sp³-hybridized carbons (Fsp3) is 0.667. The summed E-state index contributed by atoms with van der Waals surface area (Å²) < 4.78 is 11.1. The van der Waals surface area contributed by atoms with E-state index >= 15 is 0 Å². The van der Waals surface area contributed by atoms with Gasteiger partial charge in [-0.15, -0.1) is 0 Å². The van der Waals surface area contributed by atoms with Crippen LogP contribution in [0.2, 0.25) is 0 Å². The summed E-state index contributed by atoms with van der Waals surface area (Å²) in [5.74, 6) is 1.28. The predicted octanol–water partition coefficient (Wildman–Crippen LogP) is 0.428. The van der Waals surface area contributed by atoms with Gasteiger partial charge in [0, 0.05) is 31.9 Å². The summed E-state index contributed by atoms with van der Waals surface area (Å²) >= 11 is 0. The normalized spacial score (nSPS) is 24.1. The second-order valence-electron chi connectivity index (χ2n) is 4.34. The Balaban J connectivity index is 2.11. The minimum Gasteiger partial charge on any atom is -0.478 e. The maximum absolute atomic E-state index is 5.71. The van der Waals surface area contributed by atoms with E-state index in [9.17, 15) is 0 Å². The van der Waals surface area contributed by atoms with E-state index in [-0.39, 0.29) is 12.2 Å². The molecule has 0 aromatic carbocycles. The maximum atomic E-state index is 5.71. The molecule has 2 N–H and O–H groups in total. The van der Waals surface area contributed by atoms with Gasteiger partial charge in [-0.3, -0.25) is 0 Å². The topological polar surface area (TPSA) is 73.5 Å². The molecule has 0 radical (unpaired) electrons. The Morgan fingerprint density at radius 3 is 3.11 bits per heavy atom. The third-order valence-electron chi connectivity index (χ3n) is 2.78. The van der Waals surface area contributed by atoms with Gasteiger partial charge < -0.3 is 20.1 Å². The van der Waals surface area contributed by atoms with Gasteiger partial charge in [0.05, 0.1) is 18.8 Å². The van der Waals surface area contributed by atoms with E-state index in [1.807, 2.05) is 13.8 Å². The third-order valence-corrected chi connectivity index (χ3v) is 2.78. The summed E-state index contributed by atoms with van der Waals surface area (Å²) in [6.07, 6.45) is 1.88. The lowest BCUT2D eigenvalue weighted by Gasteiger charge is -2.36. The Morgan fingerprint density at radius 1 is 1.56 bits per heavy atom. The van der Waals surface area contributed by atoms with Crippen molar-refractivity contribution in [1.29, 1.82) is 0 Å². The number of nitrogens with zero attached hydrogens (tertiary/aromatic N) is 3. The molecule has 1 fully saturated rings. The van der Waals surface area contributed by atoms with Gasteiger partial charge in [-0.25, -0.2) is 4.98 Å². The first-order valence-corrected chi connectivity index (χ1v) is 6.29. The number of morpholine rings is 1. The Hall–Kier alpha value is -1.40. The van der Waals surface area contributed by atoms with Crippen molar-refractivity contribution in [2.45, 2.75) is 26.1 Å². The molecule has 1 aromatic rings.